The monoisotopic (exact) mass is 267 g/mol. The molecule has 0 aliphatic carbocycles. The fraction of sp³-hybridized carbons (Fsp3) is 0.500. The maximum absolute atomic E-state index is 13.0. The quantitative estimate of drug-likeness (QED) is 0.746. The molecule has 0 heterocycles. The maximum Gasteiger partial charge on any atom is 0.224 e. The Bertz CT molecular complexity index is 423. The molecule has 0 radical (unpaired) electrons. The Morgan fingerprint density at radius 3 is 2.79 bits per heavy atom. The lowest BCUT2D eigenvalue weighted by Gasteiger charge is -2.14. The van der Waals surface area contributed by atoms with Gasteiger partial charge in [-0.15, -0.1) is 0 Å². The standard InChI is InChI=1S/C14H22FN3O/c1-3-8-18(2)9-4-5-14(19)17-11-6-7-12(15)13(16)10-11/h6-7,10H,3-5,8-9,16H2,1-2H3,(H,17,19). The Morgan fingerprint density at radius 2 is 2.16 bits per heavy atom. The summed E-state index contributed by atoms with van der Waals surface area (Å²) in [7, 11) is 2.04. The number of nitrogens with zero attached hydrogens (tertiary/aromatic N) is 1. The van der Waals surface area contributed by atoms with Crippen molar-refractivity contribution in [1.29, 1.82) is 0 Å². The lowest BCUT2D eigenvalue weighted by atomic mass is 10.2. The van der Waals surface area contributed by atoms with Crippen LogP contribution in [-0.2, 0) is 4.79 Å². The number of nitrogens with two attached hydrogens (primary N) is 1. The molecule has 0 unspecified atom stereocenters. The highest BCUT2D eigenvalue weighted by molar-refractivity contribution is 5.91. The number of benzene rings is 1. The van der Waals surface area contributed by atoms with Gasteiger partial charge in [-0.2, -0.15) is 0 Å². The molecule has 0 spiro atoms. The van der Waals surface area contributed by atoms with Gasteiger partial charge in [0.15, 0.2) is 0 Å². The smallest absolute Gasteiger partial charge is 0.224 e. The van der Waals surface area contributed by atoms with E-state index in [0.717, 1.165) is 25.9 Å². The molecule has 19 heavy (non-hydrogen) atoms. The van der Waals surface area contributed by atoms with Gasteiger partial charge in [0.05, 0.1) is 5.69 Å². The number of hydrogen-bond acceptors (Lipinski definition) is 3. The zero-order chi connectivity index (χ0) is 14.3. The molecule has 0 bridgehead atoms. The van der Waals surface area contributed by atoms with E-state index in [1.807, 2.05) is 7.05 Å². The summed E-state index contributed by atoms with van der Waals surface area (Å²) >= 11 is 0. The van der Waals surface area contributed by atoms with E-state index in [-0.39, 0.29) is 11.6 Å². The summed E-state index contributed by atoms with van der Waals surface area (Å²) < 4.78 is 13.0. The molecule has 0 aliphatic heterocycles. The molecule has 1 amide bonds. The van der Waals surface area contributed by atoms with E-state index in [0.29, 0.717) is 12.1 Å². The molecule has 0 fully saturated rings. The average Bonchev–Trinajstić information content (AvgIpc) is 2.34. The first kappa shape index (κ1) is 15.4. The topological polar surface area (TPSA) is 58.4 Å². The molecule has 0 aromatic heterocycles. The van der Waals surface area contributed by atoms with Crippen molar-refractivity contribution < 1.29 is 9.18 Å². The van der Waals surface area contributed by atoms with Gasteiger partial charge in [-0.05, 0) is 51.2 Å². The van der Waals surface area contributed by atoms with Crippen molar-refractivity contribution in [3.8, 4) is 0 Å². The van der Waals surface area contributed by atoms with E-state index in [1.54, 1.807) is 0 Å². The molecule has 4 nitrogen and oxygen atoms in total. The van der Waals surface area contributed by atoms with Gasteiger partial charge in [0, 0.05) is 12.1 Å². The molecular formula is C14H22FN3O. The highest BCUT2D eigenvalue weighted by atomic mass is 19.1. The lowest BCUT2D eigenvalue weighted by Crippen LogP contribution is -2.22. The summed E-state index contributed by atoms with van der Waals surface area (Å²) in [6.45, 7) is 4.06. The lowest BCUT2D eigenvalue weighted by molar-refractivity contribution is -0.116. The summed E-state index contributed by atoms with van der Waals surface area (Å²) in [5, 5.41) is 2.71. The predicted octanol–water partition coefficient (Wildman–Crippen LogP) is 2.47. The van der Waals surface area contributed by atoms with Crippen molar-refractivity contribution in [3.05, 3.63) is 24.0 Å². The van der Waals surface area contributed by atoms with Crippen LogP contribution in [0.3, 0.4) is 0 Å². The van der Waals surface area contributed by atoms with Gasteiger partial charge in [-0.3, -0.25) is 4.79 Å². The molecule has 0 aliphatic rings. The second-order valence-electron chi connectivity index (χ2n) is 4.69. The minimum Gasteiger partial charge on any atom is -0.396 e. The number of nitrogen functional groups attached to an aromatic ring is 1. The molecule has 0 saturated heterocycles. The number of anilines is 2. The molecular weight excluding hydrogens is 245 g/mol. The van der Waals surface area contributed by atoms with Crippen molar-refractivity contribution in [2.75, 3.05) is 31.2 Å². The van der Waals surface area contributed by atoms with Crippen LogP contribution in [0.5, 0.6) is 0 Å². The minimum absolute atomic E-state index is 0.0421. The van der Waals surface area contributed by atoms with Crippen LogP contribution in [0.25, 0.3) is 0 Å². The maximum atomic E-state index is 13.0. The SMILES string of the molecule is CCCN(C)CCCC(=O)Nc1ccc(F)c(N)c1. The van der Waals surface area contributed by atoms with Crippen LogP contribution < -0.4 is 11.1 Å². The van der Waals surface area contributed by atoms with Gasteiger partial charge >= 0.3 is 0 Å². The largest absolute Gasteiger partial charge is 0.396 e. The third kappa shape index (κ3) is 5.70. The fourth-order valence-corrected chi connectivity index (χ4v) is 1.85. The zero-order valence-corrected chi connectivity index (χ0v) is 11.6. The summed E-state index contributed by atoms with van der Waals surface area (Å²) in [4.78, 5) is 13.9. The number of nitrogens with one attached hydrogen (secondary N) is 1. The molecule has 1 rings (SSSR count). The van der Waals surface area contributed by atoms with Crippen molar-refractivity contribution in [2.24, 2.45) is 0 Å². The van der Waals surface area contributed by atoms with Crippen molar-refractivity contribution in [3.63, 3.8) is 0 Å². The number of amides is 1. The second-order valence-corrected chi connectivity index (χ2v) is 4.69. The van der Waals surface area contributed by atoms with Gasteiger partial charge in [-0.1, -0.05) is 6.92 Å². The van der Waals surface area contributed by atoms with E-state index in [9.17, 15) is 9.18 Å². The number of halogens is 1. The molecule has 0 atom stereocenters. The Kier molecular flexibility index (Phi) is 6.29. The number of rotatable bonds is 7. The fourth-order valence-electron chi connectivity index (χ4n) is 1.85. The Labute approximate surface area is 113 Å². The summed E-state index contributed by atoms with van der Waals surface area (Å²) in [5.41, 5.74) is 6.01. The Balaban J connectivity index is 2.33. The van der Waals surface area contributed by atoms with E-state index >= 15 is 0 Å². The molecule has 3 N–H and O–H groups in total. The van der Waals surface area contributed by atoms with E-state index in [2.05, 4.69) is 17.1 Å². The number of carbonyl (C=O) groups excluding carboxylic acids is 1. The van der Waals surface area contributed by atoms with Gasteiger partial charge in [0.1, 0.15) is 5.82 Å². The van der Waals surface area contributed by atoms with Crippen LogP contribution in [0.15, 0.2) is 18.2 Å². The van der Waals surface area contributed by atoms with Crippen LogP contribution in [0.1, 0.15) is 26.2 Å². The van der Waals surface area contributed by atoms with Crippen molar-refractivity contribution in [1.82, 2.24) is 4.90 Å². The van der Waals surface area contributed by atoms with Gasteiger partial charge < -0.3 is 16.0 Å². The van der Waals surface area contributed by atoms with Crippen molar-refractivity contribution >= 4 is 17.3 Å². The second kappa shape index (κ2) is 7.74. The highest BCUT2D eigenvalue weighted by Crippen LogP contribution is 2.16. The zero-order valence-electron chi connectivity index (χ0n) is 11.6. The van der Waals surface area contributed by atoms with E-state index in [4.69, 9.17) is 5.73 Å². The first-order valence-corrected chi connectivity index (χ1v) is 6.56. The summed E-state index contributed by atoms with van der Waals surface area (Å²) in [6, 6.07) is 4.18. The Hall–Kier alpha value is -1.62. The van der Waals surface area contributed by atoms with E-state index < -0.39 is 5.82 Å². The first-order valence-electron chi connectivity index (χ1n) is 6.56. The minimum atomic E-state index is -0.473. The van der Waals surface area contributed by atoms with Crippen LogP contribution in [0, 0.1) is 5.82 Å². The molecule has 106 valence electrons. The van der Waals surface area contributed by atoms with Gasteiger partial charge in [0.25, 0.3) is 0 Å². The van der Waals surface area contributed by atoms with Crippen LogP contribution in [0.4, 0.5) is 15.8 Å². The molecule has 5 heteroatoms. The van der Waals surface area contributed by atoms with Gasteiger partial charge in [-0.25, -0.2) is 4.39 Å². The Morgan fingerprint density at radius 1 is 1.42 bits per heavy atom. The average molecular weight is 267 g/mol. The molecule has 0 saturated carbocycles. The number of carbonyl (C=O) groups is 1. The third-order valence-corrected chi connectivity index (χ3v) is 2.83. The first-order chi connectivity index (χ1) is 9.02. The molecule has 1 aromatic carbocycles. The number of hydrogen-bond donors (Lipinski definition) is 2. The van der Waals surface area contributed by atoms with Crippen LogP contribution >= 0.6 is 0 Å². The van der Waals surface area contributed by atoms with Gasteiger partial charge in [0.2, 0.25) is 5.91 Å². The predicted molar refractivity (Wildman–Crippen MR) is 76.5 cm³/mol. The third-order valence-electron chi connectivity index (χ3n) is 2.83. The molecule has 1 aromatic rings. The summed E-state index contributed by atoms with van der Waals surface area (Å²) in [6.07, 6.45) is 2.36. The highest BCUT2D eigenvalue weighted by Gasteiger charge is 2.05. The van der Waals surface area contributed by atoms with E-state index in [1.165, 1.54) is 18.2 Å². The van der Waals surface area contributed by atoms with Crippen LogP contribution in [0.2, 0.25) is 0 Å². The van der Waals surface area contributed by atoms with Crippen molar-refractivity contribution in [2.45, 2.75) is 26.2 Å². The summed E-state index contributed by atoms with van der Waals surface area (Å²) in [5.74, 6) is -0.546. The normalized spacial score (nSPS) is 10.7. The van der Waals surface area contributed by atoms with Crippen LogP contribution in [-0.4, -0.2) is 30.9 Å².